The number of nitrogens with two attached hydrogens (primary N) is 1. The molecule has 1 unspecified atom stereocenters. The maximum Gasteiger partial charge on any atom is 0.205 e. The first-order valence-corrected chi connectivity index (χ1v) is 7.59. The van der Waals surface area contributed by atoms with Gasteiger partial charge in [0.1, 0.15) is 17.4 Å². The molecule has 4 N–H and O–H groups in total. The van der Waals surface area contributed by atoms with Gasteiger partial charge in [-0.25, -0.2) is 0 Å². The Bertz CT molecular complexity index is 843. The second-order valence-corrected chi connectivity index (χ2v) is 6.95. The first-order chi connectivity index (χ1) is 11.2. The molecule has 0 bridgehead atoms. The summed E-state index contributed by atoms with van der Waals surface area (Å²) < 4.78 is 5.59. The van der Waals surface area contributed by atoms with Crippen LogP contribution in [-0.4, -0.2) is 16.0 Å². The van der Waals surface area contributed by atoms with Crippen LogP contribution in [0.3, 0.4) is 0 Å². The van der Waals surface area contributed by atoms with E-state index in [1.165, 1.54) is 12.1 Å². The lowest BCUT2D eigenvalue weighted by atomic mass is 9.70. The van der Waals surface area contributed by atoms with Gasteiger partial charge in [-0.1, -0.05) is 19.9 Å². The van der Waals surface area contributed by atoms with Crippen LogP contribution in [0.15, 0.2) is 41.0 Å². The second-order valence-electron chi connectivity index (χ2n) is 6.95. The zero-order valence-corrected chi connectivity index (χ0v) is 13.5. The smallest absolute Gasteiger partial charge is 0.205 e. The van der Waals surface area contributed by atoms with Crippen molar-refractivity contribution >= 4 is 5.78 Å². The first kappa shape index (κ1) is 15.9. The third kappa shape index (κ3) is 2.48. The number of ether oxygens (including phenoxy) is 1. The number of aromatic hydroxyl groups is 2. The molecular formula is C18H18N2O4. The molecule has 2 aliphatic rings. The Labute approximate surface area is 139 Å². The Kier molecular flexibility index (Phi) is 3.52. The molecule has 1 atom stereocenters. The number of hydrogen-bond donors (Lipinski definition) is 3. The molecule has 0 saturated heterocycles. The fourth-order valence-electron chi connectivity index (χ4n) is 3.34. The topological polar surface area (TPSA) is 117 Å². The van der Waals surface area contributed by atoms with Crippen molar-refractivity contribution in [3.8, 4) is 17.6 Å². The van der Waals surface area contributed by atoms with Crippen LogP contribution in [0, 0.1) is 16.7 Å². The average molecular weight is 326 g/mol. The zero-order valence-electron chi connectivity index (χ0n) is 13.5. The minimum Gasteiger partial charge on any atom is -0.504 e. The summed E-state index contributed by atoms with van der Waals surface area (Å²) in [5.74, 6) is -0.940. The standard InChI is InChI=1S/C18H18N2O4/c1-18(2)6-13(23)16-14(7-18)24-17(20)10(8-19)15(16)9-3-4-11(21)12(22)5-9/h3-5,15,21-22H,6-7,20H2,1-2H3. The summed E-state index contributed by atoms with van der Waals surface area (Å²) in [6, 6.07) is 6.24. The van der Waals surface area contributed by atoms with E-state index in [-0.39, 0.29) is 34.2 Å². The van der Waals surface area contributed by atoms with Crippen molar-refractivity contribution < 1.29 is 19.7 Å². The summed E-state index contributed by atoms with van der Waals surface area (Å²) in [5, 5.41) is 28.8. The molecule has 6 heteroatoms. The quantitative estimate of drug-likeness (QED) is 0.683. The molecule has 3 rings (SSSR count). The predicted molar refractivity (Wildman–Crippen MR) is 85.5 cm³/mol. The van der Waals surface area contributed by atoms with Crippen molar-refractivity contribution in [2.75, 3.05) is 0 Å². The maximum atomic E-state index is 12.7. The minimum atomic E-state index is -0.700. The maximum absolute atomic E-state index is 12.7. The molecule has 0 aromatic heterocycles. The first-order valence-electron chi connectivity index (χ1n) is 7.59. The molecule has 0 saturated carbocycles. The molecular weight excluding hydrogens is 308 g/mol. The van der Waals surface area contributed by atoms with Gasteiger partial charge in [-0.3, -0.25) is 4.79 Å². The van der Waals surface area contributed by atoms with E-state index in [0.29, 0.717) is 29.7 Å². The van der Waals surface area contributed by atoms with Crippen LogP contribution in [0.4, 0.5) is 0 Å². The fraction of sp³-hybridized carbons (Fsp3) is 0.333. The highest BCUT2D eigenvalue weighted by Gasteiger charge is 2.43. The predicted octanol–water partition coefficient (Wildman–Crippen LogP) is 2.55. The van der Waals surface area contributed by atoms with Crippen molar-refractivity contribution in [1.82, 2.24) is 0 Å². The summed E-state index contributed by atoms with van der Waals surface area (Å²) in [6.07, 6.45) is 0.877. The molecule has 0 amide bonds. The van der Waals surface area contributed by atoms with E-state index < -0.39 is 5.92 Å². The van der Waals surface area contributed by atoms with Crippen LogP contribution < -0.4 is 5.73 Å². The van der Waals surface area contributed by atoms with Crippen molar-refractivity contribution in [2.24, 2.45) is 11.1 Å². The van der Waals surface area contributed by atoms with E-state index in [2.05, 4.69) is 0 Å². The van der Waals surface area contributed by atoms with E-state index in [1.54, 1.807) is 6.07 Å². The van der Waals surface area contributed by atoms with Gasteiger partial charge >= 0.3 is 0 Å². The summed E-state index contributed by atoms with van der Waals surface area (Å²) >= 11 is 0. The number of rotatable bonds is 1. The van der Waals surface area contributed by atoms with Crippen molar-refractivity contribution in [2.45, 2.75) is 32.6 Å². The highest BCUT2D eigenvalue weighted by molar-refractivity contribution is 6.00. The Morgan fingerprint density at radius 2 is 2.00 bits per heavy atom. The molecule has 1 aromatic rings. The number of carbonyl (C=O) groups is 1. The lowest BCUT2D eigenvalue weighted by Gasteiger charge is -2.37. The van der Waals surface area contributed by atoms with Gasteiger partial charge in [-0.2, -0.15) is 5.26 Å². The molecule has 24 heavy (non-hydrogen) atoms. The molecule has 0 radical (unpaired) electrons. The Morgan fingerprint density at radius 3 is 2.62 bits per heavy atom. The largest absolute Gasteiger partial charge is 0.504 e. The third-order valence-corrected chi connectivity index (χ3v) is 4.41. The number of phenols is 2. The molecule has 1 aromatic carbocycles. The van der Waals surface area contributed by atoms with Crippen molar-refractivity contribution in [1.29, 1.82) is 5.26 Å². The van der Waals surface area contributed by atoms with Crippen LogP contribution in [-0.2, 0) is 9.53 Å². The van der Waals surface area contributed by atoms with E-state index in [9.17, 15) is 20.3 Å². The van der Waals surface area contributed by atoms with Gasteiger partial charge in [0, 0.05) is 18.4 Å². The number of phenolic OH excluding ortho intramolecular Hbond substituents is 2. The van der Waals surface area contributed by atoms with Gasteiger partial charge in [0.05, 0.1) is 5.92 Å². The van der Waals surface area contributed by atoms with Gasteiger partial charge in [0.25, 0.3) is 0 Å². The molecule has 0 fully saturated rings. The number of benzene rings is 1. The Hall–Kier alpha value is -2.94. The lowest BCUT2D eigenvalue weighted by Crippen LogP contribution is -2.33. The molecule has 1 aliphatic heterocycles. The summed E-state index contributed by atoms with van der Waals surface area (Å²) in [5.41, 5.74) is 6.70. The Morgan fingerprint density at radius 1 is 1.29 bits per heavy atom. The number of nitriles is 1. The normalized spacial score (nSPS) is 22.7. The van der Waals surface area contributed by atoms with Crippen LogP contribution in [0.5, 0.6) is 11.5 Å². The van der Waals surface area contributed by atoms with Crippen LogP contribution >= 0.6 is 0 Å². The van der Waals surface area contributed by atoms with Gasteiger partial charge in [-0.05, 0) is 23.1 Å². The van der Waals surface area contributed by atoms with Crippen LogP contribution in [0.25, 0.3) is 0 Å². The second kappa shape index (κ2) is 5.31. The van der Waals surface area contributed by atoms with E-state index in [4.69, 9.17) is 10.5 Å². The zero-order chi connectivity index (χ0) is 17.6. The molecule has 0 spiro atoms. The number of carbonyl (C=O) groups excluding carboxylic acids is 1. The SMILES string of the molecule is CC1(C)CC(=O)C2=C(C1)OC(N)=C(C#N)C2c1ccc(O)c(O)c1. The third-order valence-electron chi connectivity index (χ3n) is 4.41. The fourth-order valence-corrected chi connectivity index (χ4v) is 3.34. The number of Topliss-reactive ketones (excluding diaryl/α,β-unsaturated/α-hetero) is 1. The van der Waals surface area contributed by atoms with E-state index >= 15 is 0 Å². The number of hydrogen-bond acceptors (Lipinski definition) is 6. The monoisotopic (exact) mass is 326 g/mol. The van der Waals surface area contributed by atoms with Gasteiger partial charge in [-0.15, -0.1) is 0 Å². The van der Waals surface area contributed by atoms with Crippen LogP contribution in [0.2, 0.25) is 0 Å². The van der Waals surface area contributed by atoms with Crippen LogP contribution in [0.1, 0.15) is 38.2 Å². The Balaban J connectivity index is 2.20. The number of ketones is 1. The highest BCUT2D eigenvalue weighted by atomic mass is 16.5. The van der Waals surface area contributed by atoms with E-state index in [0.717, 1.165) is 0 Å². The van der Waals surface area contributed by atoms with Gasteiger partial charge < -0.3 is 20.7 Å². The summed E-state index contributed by atoms with van der Waals surface area (Å²) in [4.78, 5) is 12.7. The highest BCUT2D eigenvalue weighted by Crippen LogP contribution is 2.48. The lowest BCUT2D eigenvalue weighted by molar-refractivity contribution is -0.119. The molecule has 6 nitrogen and oxygen atoms in total. The van der Waals surface area contributed by atoms with Gasteiger partial charge in [0.2, 0.25) is 5.88 Å². The summed E-state index contributed by atoms with van der Waals surface area (Å²) in [7, 11) is 0. The van der Waals surface area contributed by atoms with Crippen molar-refractivity contribution in [3.05, 3.63) is 46.6 Å². The molecule has 1 aliphatic carbocycles. The van der Waals surface area contributed by atoms with Gasteiger partial charge in [0.15, 0.2) is 17.3 Å². The average Bonchev–Trinajstić information content (AvgIpc) is 2.47. The van der Waals surface area contributed by atoms with E-state index in [1.807, 2.05) is 19.9 Å². The molecule has 124 valence electrons. The number of nitrogens with zero attached hydrogens (tertiary/aromatic N) is 1. The number of allylic oxidation sites excluding steroid dienone is 3. The molecule has 1 heterocycles. The summed E-state index contributed by atoms with van der Waals surface area (Å²) in [6.45, 7) is 3.94. The van der Waals surface area contributed by atoms with Crippen molar-refractivity contribution in [3.63, 3.8) is 0 Å². The minimum absolute atomic E-state index is 0.0284.